The molecule has 0 amide bonds. The van der Waals surface area contributed by atoms with Crippen LogP contribution in [-0.2, 0) is 4.74 Å². The van der Waals surface area contributed by atoms with E-state index in [9.17, 15) is 10.0 Å². The number of aryl methyl sites for hydroxylation is 1. The number of hydrogen-bond acceptors (Lipinski definition) is 5. The molecule has 6 heteroatoms. The van der Waals surface area contributed by atoms with Gasteiger partial charge in [0, 0.05) is 5.56 Å². The van der Waals surface area contributed by atoms with Gasteiger partial charge in [0.15, 0.2) is 11.2 Å². The van der Waals surface area contributed by atoms with Crippen LogP contribution in [0.2, 0.25) is 0 Å². The lowest BCUT2D eigenvalue weighted by atomic mass is 10.1. The molecule has 0 unspecified atom stereocenters. The van der Waals surface area contributed by atoms with Crippen molar-refractivity contribution in [1.82, 2.24) is 9.71 Å². The number of esters is 1. The Hall–Kier alpha value is -2.63. The smallest absolute Gasteiger partial charge is 0.360 e. The molecule has 1 aromatic carbocycles. The first-order valence-electron chi connectivity index (χ1n) is 6.14. The molecule has 1 aromatic heterocycles. The van der Waals surface area contributed by atoms with E-state index in [1.165, 1.54) is 6.20 Å². The van der Waals surface area contributed by atoms with Gasteiger partial charge < -0.3 is 9.94 Å². The minimum absolute atomic E-state index is 0.181. The van der Waals surface area contributed by atoms with Gasteiger partial charge in [-0.1, -0.05) is 29.8 Å². The lowest BCUT2D eigenvalue weighted by Gasteiger charge is -2.08. The Balaban J connectivity index is 2.53. The summed E-state index contributed by atoms with van der Waals surface area (Å²) < 4.78 is 5.39. The van der Waals surface area contributed by atoms with Crippen molar-refractivity contribution in [3.8, 4) is 11.3 Å². The molecule has 0 radical (unpaired) electrons. The molecule has 2 rings (SSSR count). The van der Waals surface area contributed by atoms with Crippen molar-refractivity contribution in [2.75, 3.05) is 6.61 Å². The van der Waals surface area contributed by atoms with E-state index in [0.717, 1.165) is 11.1 Å². The van der Waals surface area contributed by atoms with Gasteiger partial charge in [-0.2, -0.15) is 4.73 Å². The van der Waals surface area contributed by atoms with E-state index in [4.69, 9.17) is 10.1 Å². The molecule has 20 heavy (non-hydrogen) atoms. The monoisotopic (exact) mass is 273 g/mol. The average molecular weight is 273 g/mol. The third-order valence-electron chi connectivity index (χ3n) is 2.75. The second kappa shape index (κ2) is 5.56. The van der Waals surface area contributed by atoms with Gasteiger partial charge in [-0.05, 0) is 13.8 Å². The van der Waals surface area contributed by atoms with Crippen molar-refractivity contribution in [2.24, 2.45) is 0 Å². The van der Waals surface area contributed by atoms with Gasteiger partial charge in [0.1, 0.15) is 0 Å². The first-order valence-corrected chi connectivity index (χ1v) is 6.14. The van der Waals surface area contributed by atoms with Crippen LogP contribution in [0.3, 0.4) is 0 Å². The molecule has 2 N–H and O–H groups in total. The largest absolute Gasteiger partial charge is 0.461 e. The Morgan fingerprint density at radius 2 is 2.05 bits per heavy atom. The highest BCUT2D eigenvalue weighted by Gasteiger charge is 2.15. The SMILES string of the molecule is CCOC(=O)c1nc(-c2ccc(C)cc2)cn(O)c1=N. The number of hydrogen-bond donors (Lipinski definition) is 2. The summed E-state index contributed by atoms with van der Waals surface area (Å²) in [5.41, 5.74) is 1.61. The molecule has 0 spiro atoms. The maximum Gasteiger partial charge on any atom is 0.360 e. The van der Waals surface area contributed by atoms with Crippen LogP contribution in [0.25, 0.3) is 11.3 Å². The zero-order valence-electron chi connectivity index (χ0n) is 11.3. The molecule has 2 aromatic rings. The van der Waals surface area contributed by atoms with E-state index in [1.54, 1.807) is 6.92 Å². The average Bonchev–Trinajstić information content (AvgIpc) is 2.43. The maximum atomic E-state index is 11.7. The van der Waals surface area contributed by atoms with Crippen LogP contribution >= 0.6 is 0 Å². The van der Waals surface area contributed by atoms with Gasteiger partial charge >= 0.3 is 5.97 Å². The van der Waals surface area contributed by atoms with Crippen molar-refractivity contribution in [3.05, 3.63) is 47.2 Å². The molecule has 1 heterocycles. The molecule has 0 atom stereocenters. The van der Waals surface area contributed by atoms with E-state index in [-0.39, 0.29) is 12.3 Å². The van der Waals surface area contributed by atoms with Crippen LogP contribution < -0.4 is 5.49 Å². The molecule has 0 bridgehead atoms. The summed E-state index contributed by atoms with van der Waals surface area (Å²) in [6.07, 6.45) is 1.29. The number of nitrogens with zero attached hydrogens (tertiary/aromatic N) is 2. The van der Waals surface area contributed by atoms with Gasteiger partial charge in [-0.15, -0.1) is 0 Å². The summed E-state index contributed by atoms with van der Waals surface area (Å²) in [5, 5.41) is 17.3. The van der Waals surface area contributed by atoms with Gasteiger partial charge in [-0.25, -0.2) is 9.78 Å². The molecular weight excluding hydrogens is 258 g/mol. The summed E-state index contributed by atoms with van der Waals surface area (Å²) in [6.45, 7) is 3.80. The lowest BCUT2D eigenvalue weighted by Crippen LogP contribution is -2.28. The molecule has 6 nitrogen and oxygen atoms in total. The zero-order chi connectivity index (χ0) is 14.7. The fourth-order valence-electron chi connectivity index (χ4n) is 1.70. The van der Waals surface area contributed by atoms with E-state index < -0.39 is 11.5 Å². The molecule has 0 fully saturated rings. The van der Waals surface area contributed by atoms with Gasteiger partial charge in [0.25, 0.3) is 0 Å². The van der Waals surface area contributed by atoms with Crippen LogP contribution in [0.1, 0.15) is 23.0 Å². The van der Waals surface area contributed by atoms with Crippen molar-refractivity contribution in [2.45, 2.75) is 13.8 Å². The van der Waals surface area contributed by atoms with Gasteiger partial charge in [0.2, 0.25) is 0 Å². The number of rotatable bonds is 3. The predicted octanol–water partition coefficient (Wildman–Crippen LogP) is 1.75. The highest BCUT2D eigenvalue weighted by Crippen LogP contribution is 2.16. The first kappa shape index (κ1) is 13.8. The number of ether oxygens (including phenoxy) is 1. The summed E-state index contributed by atoms with van der Waals surface area (Å²) in [7, 11) is 0. The molecule has 0 aliphatic rings. The molecule has 0 aliphatic carbocycles. The lowest BCUT2D eigenvalue weighted by molar-refractivity contribution is 0.0508. The van der Waals surface area contributed by atoms with Crippen LogP contribution in [0.4, 0.5) is 0 Å². The van der Waals surface area contributed by atoms with E-state index in [1.807, 2.05) is 31.2 Å². The number of nitrogens with one attached hydrogen (secondary N) is 1. The zero-order valence-corrected chi connectivity index (χ0v) is 11.3. The highest BCUT2D eigenvalue weighted by atomic mass is 16.5. The van der Waals surface area contributed by atoms with E-state index in [2.05, 4.69) is 4.98 Å². The Bertz CT molecular complexity index is 690. The third kappa shape index (κ3) is 2.69. The van der Waals surface area contributed by atoms with Gasteiger partial charge in [-0.3, -0.25) is 5.41 Å². The summed E-state index contributed by atoms with van der Waals surface area (Å²) >= 11 is 0. The quantitative estimate of drug-likeness (QED) is 0.658. The van der Waals surface area contributed by atoms with Crippen LogP contribution in [0.5, 0.6) is 0 Å². The Morgan fingerprint density at radius 3 is 2.65 bits per heavy atom. The fourth-order valence-corrected chi connectivity index (χ4v) is 1.70. The van der Waals surface area contributed by atoms with E-state index >= 15 is 0 Å². The van der Waals surface area contributed by atoms with Crippen molar-refractivity contribution in [1.29, 1.82) is 5.41 Å². The second-order valence-electron chi connectivity index (χ2n) is 4.25. The highest BCUT2D eigenvalue weighted by molar-refractivity contribution is 5.87. The summed E-state index contributed by atoms with van der Waals surface area (Å²) in [6, 6.07) is 7.46. The third-order valence-corrected chi connectivity index (χ3v) is 2.75. The van der Waals surface area contributed by atoms with E-state index in [0.29, 0.717) is 10.4 Å². The summed E-state index contributed by atoms with van der Waals surface area (Å²) in [4.78, 5) is 15.8. The maximum absolute atomic E-state index is 11.7. The molecule has 0 saturated carbocycles. The number of carbonyl (C=O) groups is 1. The Kier molecular flexibility index (Phi) is 3.84. The summed E-state index contributed by atoms with van der Waals surface area (Å²) in [5.74, 6) is -0.728. The Morgan fingerprint density at radius 1 is 1.40 bits per heavy atom. The number of benzene rings is 1. The second-order valence-corrected chi connectivity index (χ2v) is 4.25. The van der Waals surface area contributed by atoms with Crippen molar-refractivity contribution < 1.29 is 14.7 Å². The topological polar surface area (TPSA) is 88.2 Å². The first-order chi connectivity index (χ1) is 9.52. The van der Waals surface area contributed by atoms with Crippen LogP contribution in [0, 0.1) is 12.3 Å². The fraction of sp³-hybridized carbons (Fsp3) is 0.214. The van der Waals surface area contributed by atoms with Crippen LogP contribution in [0.15, 0.2) is 30.5 Å². The van der Waals surface area contributed by atoms with Crippen molar-refractivity contribution >= 4 is 5.97 Å². The number of carbonyl (C=O) groups excluding carboxylic acids is 1. The normalized spacial score (nSPS) is 10.3. The predicted molar refractivity (Wildman–Crippen MR) is 71.4 cm³/mol. The minimum atomic E-state index is -0.728. The molecule has 0 aliphatic heterocycles. The standard InChI is InChI=1S/C14H15N3O3/c1-3-20-14(18)12-13(15)17(19)8-11(16-12)10-6-4-9(2)5-7-10/h4-8,15,19H,3H2,1-2H3. The molecule has 104 valence electrons. The van der Waals surface area contributed by atoms with Crippen LogP contribution in [-0.4, -0.2) is 27.5 Å². The molecule has 0 saturated heterocycles. The number of aromatic nitrogens is 2. The Labute approximate surface area is 115 Å². The van der Waals surface area contributed by atoms with Gasteiger partial charge in [0.05, 0.1) is 18.5 Å². The van der Waals surface area contributed by atoms with Crippen molar-refractivity contribution in [3.63, 3.8) is 0 Å². The minimum Gasteiger partial charge on any atom is -0.461 e. The molecular formula is C14H15N3O3.